The second-order valence-corrected chi connectivity index (χ2v) is 6.71. The Morgan fingerprint density at radius 3 is 2.42 bits per heavy atom. The van der Waals surface area contributed by atoms with E-state index in [0.29, 0.717) is 36.6 Å². The second kappa shape index (κ2) is 8.70. The molecule has 2 aromatic rings. The van der Waals surface area contributed by atoms with Gasteiger partial charge in [-0.25, -0.2) is 8.78 Å². The molecule has 0 radical (unpaired) electrons. The van der Waals surface area contributed by atoms with Gasteiger partial charge in [-0.3, -0.25) is 5.10 Å². The molecule has 3 rings (SSSR count). The molecule has 2 N–H and O–H groups in total. The Morgan fingerprint density at radius 2 is 1.81 bits per heavy atom. The molecule has 1 saturated carbocycles. The Hall–Kier alpha value is -1.83. The van der Waals surface area contributed by atoms with Crippen LogP contribution in [-0.2, 0) is 22.6 Å². The predicted molar refractivity (Wildman–Crippen MR) is 94.5 cm³/mol. The Morgan fingerprint density at radius 1 is 1.12 bits per heavy atom. The van der Waals surface area contributed by atoms with E-state index < -0.39 is 11.6 Å². The fraction of sp³-hybridized carbons (Fsp3) is 0.526. The number of ether oxygens (including phenoxy) is 2. The van der Waals surface area contributed by atoms with Crippen LogP contribution >= 0.6 is 0 Å². The van der Waals surface area contributed by atoms with Gasteiger partial charge in [0.05, 0.1) is 24.1 Å². The lowest BCUT2D eigenvalue weighted by molar-refractivity contribution is 0.0623. The fourth-order valence-corrected chi connectivity index (χ4v) is 3.53. The van der Waals surface area contributed by atoms with Crippen molar-refractivity contribution in [3.8, 4) is 11.3 Å². The molecule has 0 unspecified atom stereocenters. The quantitative estimate of drug-likeness (QED) is 0.788. The molecule has 1 fully saturated rings. The zero-order valence-corrected chi connectivity index (χ0v) is 15.1. The molecule has 1 aromatic heterocycles. The van der Waals surface area contributed by atoms with E-state index in [1.807, 2.05) is 0 Å². The van der Waals surface area contributed by atoms with E-state index in [4.69, 9.17) is 9.47 Å². The number of nitrogens with zero attached hydrogens (tertiary/aromatic N) is 1. The van der Waals surface area contributed by atoms with Gasteiger partial charge in [0.2, 0.25) is 0 Å². The maximum Gasteiger partial charge on any atom is 0.126 e. The molecule has 26 heavy (non-hydrogen) atoms. The molecule has 0 atom stereocenters. The van der Waals surface area contributed by atoms with Crippen molar-refractivity contribution < 1.29 is 18.3 Å². The summed E-state index contributed by atoms with van der Waals surface area (Å²) < 4.78 is 37.8. The molecule has 0 spiro atoms. The highest BCUT2D eigenvalue weighted by Crippen LogP contribution is 2.27. The van der Waals surface area contributed by atoms with Gasteiger partial charge in [-0.05, 0) is 37.8 Å². The van der Waals surface area contributed by atoms with Crippen molar-refractivity contribution in [1.82, 2.24) is 15.5 Å². The molecule has 0 amide bonds. The number of H-pyrrole nitrogens is 1. The highest BCUT2D eigenvalue weighted by molar-refractivity contribution is 5.64. The Labute approximate surface area is 152 Å². The summed E-state index contributed by atoms with van der Waals surface area (Å²) in [5.41, 5.74) is 2.61. The molecule has 5 nitrogen and oxygen atoms in total. The van der Waals surface area contributed by atoms with Crippen molar-refractivity contribution in [2.75, 3.05) is 14.2 Å². The monoisotopic (exact) mass is 365 g/mol. The van der Waals surface area contributed by atoms with E-state index >= 15 is 0 Å². The van der Waals surface area contributed by atoms with Crippen molar-refractivity contribution in [1.29, 1.82) is 0 Å². The smallest absolute Gasteiger partial charge is 0.126 e. The van der Waals surface area contributed by atoms with Gasteiger partial charge >= 0.3 is 0 Å². The molecule has 1 aliphatic rings. The van der Waals surface area contributed by atoms with Gasteiger partial charge < -0.3 is 14.8 Å². The highest BCUT2D eigenvalue weighted by Gasteiger charge is 2.22. The molecule has 1 aromatic carbocycles. The van der Waals surface area contributed by atoms with Gasteiger partial charge in [-0.15, -0.1) is 0 Å². The van der Waals surface area contributed by atoms with Gasteiger partial charge in [0, 0.05) is 44.0 Å². The van der Waals surface area contributed by atoms with E-state index in [-0.39, 0.29) is 0 Å². The van der Waals surface area contributed by atoms with E-state index in [0.717, 1.165) is 43.0 Å². The Balaban J connectivity index is 1.73. The van der Waals surface area contributed by atoms with Crippen molar-refractivity contribution in [3.63, 3.8) is 0 Å². The fourth-order valence-electron chi connectivity index (χ4n) is 3.53. The number of hydrogen-bond donors (Lipinski definition) is 2. The average molecular weight is 365 g/mol. The third-order valence-corrected chi connectivity index (χ3v) is 4.95. The SMILES string of the molecule is COCc1c(-c2cc(F)cc(F)c2)n[nH]c1CNC1CCC(OC)CC1. The topological polar surface area (TPSA) is 59.2 Å². The van der Waals surface area contributed by atoms with Crippen LogP contribution in [0.15, 0.2) is 18.2 Å². The van der Waals surface area contributed by atoms with Crippen LogP contribution in [0.1, 0.15) is 36.9 Å². The minimum Gasteiger partial charge on any atom is -0.381 e. The lowest BCUT2D eigenvalue weighted by atomic mass is 9.93. The molecule has 7 heteroatoms. The summed E-state index contributed by atoms with van der Waals surface area (Å²) in [4.78, 5) is 0. The summed E-state index contributed by atoms with van der Waals surface area (Å²) in [7, 11) is 3.35. The van der Waals surface area contributed by atoms with Crippen molar-refractivity contribution in [2.45, 2.75) is 51.0 Å². The molecule has 0 bridgehead atoms. The second-order valence-electron chi connectivity index (χ2n) is 6.71. The first-order valence-electron chi connectivity index (χ1n) is 8.88. The summed E-state index contributed by atoms with van der Waals surface area (Å²) in [5.74, 6) is -1.25. The van der Waals surface area contributed by atoms with E-state index in [9.17, 15) is 8.78 Å². The normalized spacial score (nSPS) is 20.5. The lowest BCUT2D eigenvalue weighted by Crippen LogP contribution is -2.35. The highest BCUT2D eigenvalue weighted by atomic mass is 19.1. The molecular formula is C19H25F2N3O2. The Bertz CT molecular complexity index is 707. The summed E-state index contributed by atoms with van der Waals surface area (Å²) in [6.07, 6.45) is 4.59. The van der Waals surface area contributed by atoms with Crippen molar-refractivity contribution in [3.05, 3.63) is 41.1 Å². The zero-order valence-electron chi connectivity index (χ0n) is 15.1. The van der Waals surface area contributed by atoms with Crippen LogP contribution in [0.25, 0.3) is 11.3 Å². The molecule has 1 heterocycles. The number of hydrogen-bond acceptors (Lipinski definition) is 4. The van der Waals surface area contributed by atoms with Crippen molar-refractivity contribution in [2.24, 2.45) is 0 Å². The van der Waals surface area contributed by atoms with Gasteiger partial charge in [0.15, 0.2) is 0 Å². The van der Waals surface area contributed by atoms with Crippen LogP contribution in [0.2, 0.25) is 0 Å². The molecule has 0 aliphatic heterocycles. The van der Waals surface area contributed by atoms with Gasteiger partial charge in [0.1, 0.15) is 11.6 Å². The number of methoxy groups -OCH3 is 2. The van der Waals surface area contributed by atoms with Crippen LogP contribution in [0.5, 0.6) is 0 Å². The maximum absolute atomic E-state index is 13.6. The van der Waals surface area contributed by atoms with Crippen LogP contribution in [0.4, 0.5) is 8.78 Å². The minimum atomic E-state index is -0.624. The average Bonchev–Trinajstić information content (AvgIpc) is 3.03. The lowest BCUT2D eigenvalue weighted by Gasteiger charge is -2.28. The van der Waals surface area contributed by atoms with Crippen LogP contribution in [0.3, 0.4) is 0 Å². The van der Waals surface area contributed by atoms with E-state index in [2.05, 4.69) is 15.5 Å². The van der Waals surface area contributed by atoms with Crippen LogP contribution < -0.4 is 5.32 Å². The number of benzene rings is 1. The summed E-state index contributed by atoms with van der Waals surface area (Å²) in [5, 5.41) is 10.8. The third-order valence-electron chi connectivity index (χ3n) is 4.95. The van der Waals surface area contributed by atoms with Crippen molar-refractivity contribution >= 4 is 0 Å². The number of halogens is 2. The predicted octanol–water partition coefficient (Wildman–Crippen LogP) is 3.55. The summed E-state index contributed by atoms with van der Waals surface area (Å²) >= 11 is 0. The first kappa shape index (κ1) is 18.9. The van der Waals surface area contributed by atoms with Crippen LogP contribution in [-0.4, -0.2) is 36.6 Å². The van der Waals surface area contributed by atoms with E-state index in [1.165, 1.54) is 12.1 Å². The largest absolute Gasteiger partial charge is 0.381 e. The first-order chi connectivity index (χ1) is 12.6. The Kier molecular flexibility index (Phi) is 6.34. The molecule has 0 saturated heterocycles. The number of aromatic amines is 1. The van der Waals surface area contributed by atoms with Gasteiger partial charge in [-0.1, -0.05) is 0 Å². The molecule has 1 aliphatic carbocycles. The minimum absolute atomic E-state index is 0.317. The van der Waals surface area contributed by atoms with Gasteiger partial charge in [0.25, 0.3) is 0 Å². The summed E-state index contributed by atoms with van der Waals surface area (Å²) in [6.45, 7) is 0.920. The first-order valence-corrected chi connectivity index (χ1v) is 8.88. The molecule has 142 valence electrons. The number of nitrogens with one attached hydrogen (secondary N) is 2. The standard InChI is InChI=1S/C19H25F2N3O2/c1-25-11-17-18(10-22-15-3-5-16(26-2)6-4-15)23-24-19(17)12-7-13(20)9-14(21)8-12/h7-9,15-16,22H,3-6,10-11H2,1-2H3,(H,23,24). The number of rotatable bonds is 7. The molecular weight excluding hydrogens is 340 g/mol. The summed E-state index contributed by atoms with van der Waals surface area (Å²) in [6, 6.07) is 3.84. The maximum atomic E-state index is 13.6. The van der Waals surface area contributed by atoms with E-state index in [1.54, 1.807) is 14.2 Å². The van der Waals surface area contributed by atoms with Crippen LogP contribution in [0, 0.1) is 11.6 Å². The van der Waals surface area contributed by atoms with Gasteiger partial charge in [-0.2, -0.15) is 5.10 Å². The number of aromatic nitrogens is 2. The zero-order chi connectivity index (χ0) is 18.5. The third kappa shape index (κ3) is 4.47.